The summed E-state index contributed by atoms with van der Waals surface area (Å²) in [5.41, 5.74) is 0.551. The van der Waals surface area contributed by atoms with E-state index in [-0.39, 0.29) is 6.42 Å². The average molecular weight is 264 g/mol. The Bertz CT molecular complexity index is 529. The molecule has 1 aliphatic heterocycles. The molecule has 3 N–H and O–H groups in total. The Morgan fingerprint density at radius 2 is 2.11 bits per heavy atom. The second-order valence-electron chi connectivity index (χ2n) is 3.97. The zero-order valence-corrected chi connectivity index (χ0v) is 9.88. The van der Waals surface area contributed by atoms with E-state index in [1.807, 2.05) is 0 Å². The van der Waals surface area contributed by atoms with Gasteiger partial charge in [0.05, 0.1) is 12.1 Å². The number of hydrogen-bond donors (Lipinski definition) is 3. The van der Waals surface area contributed by atoms with Crippen molar-refractivity contribution in [2.75, 3.05) is 11.9 Å². The number of benzene rings is 1. The van der Waals surface area contributed by atoms with Crippen molar-refractivity contribution >= 4 is 23.5 Å². The van der Waals surface area contributed by atoms with Crippen LogP contribution in [-0.4, -0.2) is 35.5 Å². The molecular weight excluding hydrogens is 252 g/mol. The fraction of sp³-hybridized carbons (Fsp3) is 0.250. The molecule has 0 saturated carbocycles. The van der Waals surface area contributed by atoms with Crippen LogP contribution in [0.15, 0.2) is 24.3 Å². The molecule has 1 aliphatic rings. The summed E-state index contributed by atoms with van der Waals surface area (Å²) in [5, 5.41) is 13.2. The summed E-state index contributed by atoms with van der Waals surface area (Å²) < 4.78 is 5.40. The minimum atomic E-state index is -1.15. The van der Waals surface area contributed by atoms with E-state index in [1.54, 1.807) is 24.3 Å². The molecule has 0 aromatic heterocycles. The minimum absolute atomic E-state index is 0.229. The van der Waals surface area contributed by atoms with Gasteiger partial charge in [-0.15, -0.1) is 0 Å². The zero-order chi connectivity index (χ0) is 13.8. The maximum absolute atomic E-state index is 11.7. The van der Waals surface area contributed by atoms with Crippen molar-refractivity contribution in [2.24, 2.45) is 0 Å². The second-order valence-corrected chi connectivity index (χ2v) is 3.97. The normalized spacial score (nSPS) is 16.8. The fourth-order valence-electron chi connectivity index (χ4n) is 1.64. The highest BCUT2D eigenvalue weighted by molar-refractivity contribution is 6.00. The standard InChI is InChI=1S/C12H12N2O5/c15-10(13-6-11(16)17)5-9-12(18)14-7-3-1-2-4-8(7)19-9/h1-4,9H,5-6H2,(H,13,15)(H,14,18)(H,16,17). The van der Waals surface area contributed by atoms with Crippen LogP contribution in [0.5, 0.6) is 5.75 Å². The number of carboxylic acid groups (broad SMARTS) is 1. The van der Waals surface area contributed by atoms with Crippen LogP contribution < -0.4 is 15.4 Å². The molecule has 2 rings (SSSR count). The molecule has 0 aliphatic carbocycles. The van der Waals surface area contributed by atoms with Gasteiger partial charge in [-0.3, -0.25) is 14.4 Å². The number of fused-ring (bicyclic) bond motifs is 1. The van der Waals surface area contributed by atoms with Gasteiger partial charge in [-0.1, -0.05) is 12.1 Å². The zero-order valence-electron chi connectivity index (χ0n) is 9.88. The summed E-state index contributed by atoms with van der Waals surface area (Å²) in [4.78, 5) is 33.4. The third kappa shape index (κ3) is 3.21. The monoisotopic (exact) mass is 264 g/mol. The molecule has 0 radical (unpaired) electrons. The Kier molecular flexibility index (Phi) is 3.65. The van der Waals surface area contributed by atoms with Crippen molar-refractivity contribution < 1.29 is 24.2 Å². The number of hydrogen-bond acceptors (Lipinski definition) is 4. The summed E-state index contributed by atoms with van der Waals surface area (Å²) in [6.07, 6.45) is -1.18. The van der Waals surface area contributed by atoms with Crippen LogP contribution in [0, 0.1) is 0 Å². The van der Waals surface area contributed by atoms with Crippen LogP contribution in [0.3, 0.4) is 0 Å². The van der Waals surface area contributed by atoms with E-state index < -0.39 is 30.4 Å². The Morgan fingerprint density at radius 3 is 2.84 bits per heavy atom. The first-order valence-electron chi connectivity index (χ1n) is 5.61. The van der Waals surface area contributed by atoms with E-state index in [0.29, 0.717) is 11.4 Å². The van der Waals surface area contributed by atoms with E-state index in [2.05, 4.69) is 10.6 Å². The lowest BCUT2D eigenvalue weighted by Gasteiger charge is -2.25. The van der Waals surface area contributed by atoms with E-state index in [0.717, 1.165) is 0 Å². The number of carbonyl (C=O) groups excluding carboxylic acids is 2. The van der Waals surface area contributed by atoms with Crippen molar-refractivity contribution in [3.63, 3.8) is 0 Å². The molecule has 0 bridgehead atoms. The molecule has 7 nitrogen and oxygen atoms in total. The number of carbonyl (C=O) groups is 3. The fourth-order valence-corrected chi connectivity index (χ4v) is 1.64. The summed E-state index contributed by atoms with van der Waals surface area (Å²) in [6.45, 7) is -0.482. The van der Waals surface area contributed by atoms with Crippen molar-refractivity contribution in [3.05, 3.63) is 24.3 Å². The molecule has 1 unspecified atom stereocenters. The van der Waals surface area contributed by atoms with E-state index in [9.17, 15) is 14.4 Å². The van der Waals surface area contributed by atoms with Gasteiger partial charge in [-0.05, 0) is 12.1 Å². The van der Waals surface area contributed by atoms with Gasteiger partial charge < -0.3 is 20.5 Å². The predicted octanol–water partition coefficient (Wildman–Crippen LogP) is -0.0230. The number of ether oxygens (including phenoxy) is 1. The van der Waals surface area contributed by atoms with Gasteiger partial charge in [-0.25, -0.2) is 0 Å². The molecule has 1 atom stereocenters. The second kappa shape index (κ2) is 5.38. The number of anilines is 1. The number of nitrogens with one attached hydrogen (secondary N) is 2. The summed E-state index contributed by atoms with van der Waals surface area (Å²) in [7, 11) is 0. The van der Waals surface area contributed by atoms with Gasteiger partial charge in [0.2, 0.25) is 5.91 Å². The third-order valence-electron chi connectivity index (χ3n) is 2.51. The number of para-hydroxylation sites is 2. The average Bonchev–Trinajstić information content (AvgIpc) is 2.37. The highest BCUT2D eigenvalue weighted by Gasteiger charge is 2.29. The van der Waals surface area contributed by atoms with Crippen LogP contribution in [-0.2, 0) is 14.4 Å². The number of carboxylic acids is 1. The largest absolute Gasteiger partial charge is 0.480 e. The first-order chi connectivity index (χ1) is 9.06. The van der Waals surface area contributed by atoms with E-state index in [4.69, 9.17) is 9.84 Å². The van der Waals surface area contributed by atoms with Gasteiger partial charge in [0.15, 0.2) is 6.10 Å². The Hall–Kier alpha value is -2.57. The van der Waals surface area contributed by atoms with Crippen LogP contribution >= 0.6 is 0 Å². The van der Waals surface area contributed by atoms with Gasteiger partial charge in [0.25, 0.3) is 5.91 Å². The molecule has 7 heteroatoms. The van der Waals surface area contributed by atoms with Gasteiger partial charge in [-0.2, -0.15) is 0 Å². The summed E-state index contributed by atoms with van der Waals surface area (Å²) in [5.74, 6) is -1.64. The topological polar surface area (TPSA) is 105 Å². The maximum atomic E-state index is 11.7. The SMILES string of the molecule is O=C(O)CNC(=O)CC1Oc2ccccc2NC1=O. The number of aliphatic carboxylic acids is 1. The van der Waals surface area contributed by atoms with Gasteiger partial charge >= 0.3 is 5.97 Å². The van der Waals surface area contributed by atoms with Crippen molar-refractivity contribution in [1.29, 1.82) is 0 Å². The number of amides is 2. The van der Waals surface area contributed by atoms with Gasteiger partial charge in [0, 0.05) is 0 Å². The molecule has 0 fully saturated rings. The molecule has 2 amide bonds. The number of rotatable bonds is 4. The van der Waals surface area contributed by atoms with Crippen LogP contribution in [0.25, 0.3) is 0 Å². The Balaban J connectivity index is 1.97. The molecular formula is C12H12N2O5. The van der Waals surface area contributed by atoms with E-state index in [1.165, 1.54) is 0 Å². The van der Waals surface area contributed by atoms with Crippen molar-refractivity contribution in [2.45, 2.75) is 12.5 Å². The third-order valence-corrected chi connectivity index (χ3v) is 2.51. The summed E-state index contributed by atoms with van der Waals surface area (Å²) >= 11 is 0. The van der Waals surface area contributed by atoms with Crippen LogP contribution in [0.4, 0.5) is 5.69 Å². The Morgan fingerprint density at radius 1 is 1.37 bits per heavy atom. The molecule has 19 heavy (non-hydrogen) atoms. The molecule has 0 saturated heterocycles. The van der Waals surface area contributed by atoms with Crippen molar-refractivity contribution in [1.82, 2.24) is 5.32 Å². The predicted molar refractivity (Wildman–Crippen MR) is 64.8 cm³/mol. The smallest absolute Gasteiger partial charge is 0.322 e. The van der Waals surface area contributed by atoms with Crippen molar-refractivity contribution in [3.8, 4) is 5.75 Å². The molecule has 0 spiro atoms. The minimum Gasteiger partial charge on any atom is -0.480 e. The molecule has 100 valence electrons. The maximum Gasteiger partial charge on any atom is 0.322 e. The van der Waals surface area contributed by atoms with Gasteiger partial charge in [0.1, 0.15) is 12.3 Å². The van der Waals surface area contributed by atoms with Crippen LogP contribution in [0.1, 0.15) is 6.42 Å². The van der Waals surface area contributed by atoms with E-state index >= 15 is 0 Å². The lowest BCUT2D eigenvalue weighted by atomic mass is 10.1. The first-order valence-corrected chi connectivity index (χ1v) is 5.61. The highest BCUT2D eigenvalue weighted by Crippen LogP contribution is 2.29. The highest BCUT2D eigenvalue weighted by atomic mass is 16.5. The lowest BCUT2D eigenvalue weighted by molar-refractivity contribution is -0.138. The molecule has 1 aromatic rings. The molecule has 1 aromatic carbocycles. The van der Waals surface area contributed by atoms with Crippen LogP contribution in [0.2, 0.25) is 0 Å². The quantitative estimate of drug-likeness (QED) is 0.708. The first kappa shape index (κ1) is 12.9. The molecule has 1 heterocycles. The summed E-state index contributed by atoms with van der Waals surface area (Å²) in [6, 6.07) is 6.87. The lowest BCUT2D eigenvalue weighted by Crippen LogP contribution is -2.41. The Labute approximate surface area is 108 Å².